The predicted octanol–water partition coefficient (Wildman–Crippen LogP) is 0.241. The van der Waals surface area contributed by atoms with Gasteiger partial charge in [0.15, 0.2) is 5.78 Å². The monoisotopic (exact) mass is 298 g/mol. The minimum absolute atomic E-state index is 0.00552. The quantitative estimate of drug-likeness (QED) is 0.663. The van der Waals surface area contributed by atoms with Gasteiger partial charge in [-0.2, -0.15) is 0 Å². The van der Waals surface area contributed by atoms with Gasteiger partial charge in [-0.3, -0.25) is 19.2 Å². The van der Waals surface area contributed by atoms with Gasteiger partial charge in [-0.05, 0) is 25.7 Å². The standard InChI is InChI=1S/C14H18O7/c15-10-3-1-8(12(17)18)7(10)5-6-14(21)9(13(19)20)2-4-11(14)16/h7-9,21H,1-6H2,(H,17,18)(H,19,20)/t7-,8+,9-,14-/m0/s1. The summed E-state index contributed by atoms with van der Waals surface area (Å²) < 4.78 is 0. The molecule has 2 fully saturated rings. The highest BCUT2D eigenvalue weighted by Gasteiger charge is 2.52. The molecule has 0 saturated heterocycles. The number of aliphatic carboxylic acids is 2. The van der Waals surface area contributed by atoms with Crippen LogP contribution in [0.5, 0.6) is 0 Å². The first-order valence-corrected chi connectivity index (χ1v) is 7.01. The Morgan fingerprint density at radius 2 is 1.76 bits per heavy atom. The van der Waals surface area contributed by atoms with Crippen molar-refractivity contribution in [2.24, 2.45) is 17.8 Å². The maximum atomic E-state index is 11.8. The number of carbonyl (C=O) groups is 4. The van der Waals surface area contributed by atoms with Gasteiger partial charge in [-0.1, -0.05) is 0 Å². The molecule has 7 heteroatoms. The van der Waals surface area contributed by atoms with Gasteiger partial charge in [0.05, 0.1) is 11.8 Å². The summed E-state index contributed by atoms with van der Waals surface area (Å²) in [5.74, 6) is -5.75. The number of hydrogen-bond acceptors (Lipinski definition) is 5. The summed E-state index contributed by atoms with van der Waals surface area (Å²) in [5.41, 5.74) is -1.97. The van der Waals surface area contributed by atoms with E-state index in [1.54, 1.807) is 0 Å². The molecule has 2 rings (SSSR count). The number of hydrogen-bond donors (Lipinski definition) is 3. The molecule has 116 valence electrons. The van der Waals surface area contributed by atoms with Crippen LogP contribution in [0.1, 0.15) is 38.5 Å². The maximum Gasteiger partial charge on any atom is 0.309 e. The molecule has 3 N–H and O–H groups in total. The molecule has 4 atom stereocenters. The fourth-order valence-electron chi connectivity index (χ4n) is 3.51. The van der Waals surface area contributed by atoms with Crippen LogP contribution in [0, 0.1) is 17.8 Å². The molecule has 0 aromatic carbocycles. The average molecular weight is 298 g/mol. The van der Waals surface area contributed by atoms with Crippen molar-refractivity contribution in [3.05, 3.63) is 0 Å². The van der Waals surface area contributed by atoms with E-state index in [4.69, 9.17) is 10.2 Å². The van der Waals surface area contributed by atoms with Crippen molar-refractivity contribution in [2.45, 2.75) is 44.1 Å². The molecule has 0 amide bonds. The van der Waals surface area contributed by atoms with Crippen molar-refractivity contribution in [2.75, 3.05) is 0 Å². The van der Waals surface area contributed by atoms with Crippen molar-refractivity contribution < 1.29 is 34.5 Å². The van der Waals surface area contributed by atoms with E-state index in [-0.39, 0.29) is 44.3 Å². The number of aliphatic hydroxyl groups is 1. The molecule has 0 bridgehead atoms. The van der Waals surface area contributed by atoms with Crippen molar-refractivity contribution in [1.29, 1.82) is 0 Å². The van der Waals surface area contributed by atoms with Gasteiger partial charge in [-0.15, -0.1) is 0 Å². The lowest BCUT2D eigenvalue weighted by Crippen LogP contribution is -2.44. The SMILES string of the molecule is O=C1CC[C@@H](C(=O)O)[C@@H]1CC[C@@]1(O)C(=O)CC[C@H]1C(=O)O. The number of carboxylic acid groups (broad SMARTS) is 2. The van der Waals surface area contributed by atoms with Crippen LogP contribution >= 0.6 is 0 Å². The number of Topliss-reactive ketones (excluding diaryl/α,β-unsaturated/α-hetero) is 2. The third-order valence-electron chi connectivity index (χ3n) is 4.77. The second-order valence-corrected chi connectivity index (χ2v) is 5.87. The average Bonchev–Trinajstić information content (AvgIpc) is 2.90. The second-order valence-electron chi connectivity index (χ2n) is 5.87. The van der Waals surface area contributed by atoms with Crippen LogP contribution < -0.4 is 0 Å². The van der Waals surface area contributed by atoms with Gasteiger partial charge in [0.1, 0.15) is 11.4 Å². The highest BCUT2D eigenvalue weighted by atomic mass is 16.4. The van der Waals surface area contributed by atoms with E-state index in [1.165, 1.54) is 0 Å². The Kier molecular flexibility index (Phi) is 4.13. The first kappa shape index (κ1) is 15.6. The molecule has 0 aliphatic heterocycles. The number of carboxylic acids is 2. The van der Waals surface area contributed by atoms with Gasteiger partial charge in [0.25, 0.3) is 0 Å². The number of ketones is 2. The molecule has 0 aromatic heterocycles. The molecule has 2 aliphatic carbocycles. The summed E-state index contributed by atoms with van der Waals surface area (Å²) >= 11 is 0. The molecule has 21 heavy (non-hydrogen) atoms. The number of carbonyl (C=O) groups excluding carboxylic acids is 2. The van der Waals surface area contributed by atoms with Crippen molar-refractivity contribution in [1.82, 2.24) is 0 Å². The molecular weight excluding hydrogens is 280 g/mol. The molecule has 0 aromatic rings. The van der Waals surface area contributed by atoms with E-state index < -0.39 is 41.1 Å². The van der Waals surface area contributed by atoms with Gasteiger partial charge in [0, 0.05) is 18.8 Å². The third kappa shape index (κ3) is 2.70. The second kappa shape index (κ2) is 5.55. The summed E-state index contributed by atoms with van der Waals surface area (Å²) in [5, 5.41) is 28.5. The van der Waals surface area contributed by atoms with Crippen LogP contribution in [-0.4, -0.2) is 44.4 Å². The molecule has 0 spiro atoms. The van der Waals surface area contributed by atoms with Crippen LogP contribution in [0.2, 0.25) is 0 Å². The van der Waals surface area contributed by atoms with E-state index in [9.17, 15) is 24.3 Å². The summed E-state index contributed by atoms with van der Waals surface area (Å²) in [7, 11) is 0. The van der Waals surface area contributed by atoms with E-state index in [2.05, 4.69) is 0 Å². The fraction of sp³-hybridized carbons (Fsp3) is 0.714. The lowest BCUT2D eigenvalue weighted by Gasteiger charge is -2.27. The zero-order chi connectivity index (χ0) is 15.8. The first-order valence-electron chi connectivity index (χ1n) is 7.01. The molecule has 0 heterocycles. The van der Waals surface area contributed by atoms with Gasteiger partial charge < -0.3 is 15.3 Å². The minimum Gasteiger partial charge on any atom is -0.481 e. The predicted molar refractivity (Wildman–Crippen MR) is 68.4 cm³/mol. The van der Waals surface area contributed by atoms with Crippen molar-refractivity contribution in [3.63, 3.8) is 0 Å². The normalized spacial score (nSPS) is 36.1. The molecule has 7 nitrogen and oxygen atoms in total. The van der Waals surface area contributed by atoms with E-state index in [0.29, 0.717) is 0 Å². The molecule has 0 unspecified atom stereocenters. The van der Waals surface area contributed by atoms with Gasteiger partial charge in [-0.25, -0.2) is 0 Å². The van der Waals surface area contributed by atoms with Crippen LogP contribution in [0.25, 0.3) is 0 Å². The smallest absolute Gasteiger partial charge is 0.309 e. The van der Waals surface area contributed by atoms with E-state index in [1.807, 2.05) is 0 Å². The van der Waals surface area contributed by atoms with Crippen molar-refractivity contribution >= 4 is 23.5 Å². The van der Waals surface area contributed by atoms with Crippen LogP contribution in [0.4, 0.5) is 0 Å². The molecule has 2 saturated carbocycles. The van der Waals surface area contributed by atoms with Gasteiger partial charge >= 0.3 is 11.9 Å². The zero-order valence-electron chi connectivity index (χ0n) is 11.4. The Morgan fingerprint density at radius 1 is 1.10 bits per heavy atom. The third-order valence-corrected chi connectivity index (χ3v) is 4.77. The number of rotatable bonds is 5. The molecule has 0 radical (unpaired) electrons. The summed E-state index contributed by atoms with van der Waals surface area (Å²) in [6, 6.07) is 0. The Hall–Kier alpha value is -1.76. The van der Waals surface area contributed by atoms with E-state index in [0.717, 1.165) is 0 Å². The largest absolute Gasteiger partial charge is 0.481 e. The summed E-state index contributed by atoms with van der Waals surface area (Å²) in [6.07, 6.45) is 0.356. The van der Waals surface area contributed by atoms with Crippen LogP contribution in [0.3, 0.4) is 0 Å². The first-order chi connectivity index (χ1) is 9.77. The Bertz CT molecular complexity index is 498. The highest BCUT2D eigenvalue weighted by Crippen LogP contribution is 2.40. The lowest BCUT2D eigenvalue weighted by molar-refractivity contribution is -0.157. The minimum atomic E-state index is -1.97. The maximum absolute atomic E-state index is 11.8. The van der Waals surface area contributed by atoms with Crippen molar-refractivity contribution in [3.8, 4) is 0 Å². The Morgan fingerprint density at radius 3 is 2.33 bits per heavy atom. The topological polar surface area (TPSA) is 129 Å². The Labute approximate surface area is 121 Å². The zero-order valence-corrected chi connectivity index (χ0v) is 11.4. The molecular formula is C14H18O7. The van der Waals surface area contributed by atoms with Gasteiger partial charge in [0.2, 0.25) is 0 Å². The lowest BCUT2D eigenvalue weighted by atomic mass is 9.81. The summed E-state index contributed by atoms with van der Waals surface area (Å²) in [6.45, 7) is 0. The van der Waals surface area contributed by atoms with E-state index >= 15 is 0 Å². The van der Waals surface area contributed by atoms with Crippen LogP contribution in [-0.2, 0) is 19.2 Å². The molecule has 2 aliphatic rings. The van der Waals surface area contributed by atoms with Crippen LogP contribution in [0.15, 0.2) is 0 Å². The highest BCUT2D eigenvalue weighted by molar-refractivity contribution is 5.95. The Balaban J connectivity index is 2.10. The summed E-state index contributed by atoms with van der Waals surface area (Å²) in [4.78, 5) is 45.8. The fourth-order valence-corrected chi connectivity index (χ4v) is 3.51.